The van der Waals surface area contributed by atoms with E-state index in [0.717, 1.165) is 15.6 Å². The van der Waals surface area contributed by atoms with E-state index in [1.54, 1.807) is 18.2 Å². The van der Waals surface area contributed by atoms with Gasteiger partial charge in [-0.2, -0.15) is 0 Å². The second kappa shape index (κ2) is 8.83. The van der Waals surface area contributed by atoms with E-state index in [-0.39, 0.29) is 17.6 Å². The van der Waals surface area contributed by atoms with E-state index in [4.69, 9.17) is 0 Å². The number of nitrogens with zero attached hydrogens (tertiary/aromatic N) is 1. The Morgan fingerprint density at radius 1 is 1.07 bits per heavy atom. The van der Waals surface area contributed by atoms with E-state index >= 15 is 0 Å². The summed E-state index contributed by atoms with van der Waals surface area (Å²) in [5, 5.41) is 7.72. The standard InChI is InChI=1S/C20H19N3O2S2/c1-13-8-9-16(22-18(24)12-27-20-21-14(2)11-26-20)10-17(13)23-19(25)15-6-4-3-5-7-15/h3-11H,12H2,1-2H3,(H,22,24)(H,23,25). The van der Waals surface area contributed by atoms with Crippen molar-refractivity contribution < 1.29 is 9.59 Å². The summed E-state index contributed by atoms with van der Waals surface area (Å²) in [5.41, 5.74) is 3.78. The van der Waals surface area contributed by atoms with Gasteiger partial charge in [-0.1, -0.05) is 36.0 Å². The highest BCUT2D eigenvalue weighted by molar-refractivity contribution is 8.01. The molecule has 3 rings (SSSR count). The average molecular weight is 398 g/mol. The molecular weight excluding hydrogens is 378 g/mol. The molecule has 0 fully saturated rings. The van der Waals surface area contributed by atoms with Crippen molar-refractivity contribution in [2.75, 3.05) is 16.4 Å². The number of amides is 2. The third-order valence-electron chi connectivity index (χ3n) is 3.73. The number of aryl methyl sites for hydroxylation is 2. The predicted molar refractivity (Wildman–Crippen MR) is 112 cm³/mol. The van der Waals surface area contributed by atoms with Crippen LogP contribution in [0, 0.1) is 13.8 Å². The lowest BCUT2D eigenvalue weighted by Crippen LogP contribution is -2.15. The SMILES string of the molecule is Cc1csc(SCC(=O)Nc2ccc(C)c(NC(=O)c3ccccc3)c2)n1. The lowest BCUT2D eigenvalue weighted by Gasteiger charge is -2.11. The molecular formula is C20H19N3O2S2. The molecule has 0 unspecified atom stereocenters. The number of benzene rings is 2. The number of hydrogen-bond donors (Lipinski definition) is 2. The second-order valence-corrected chi connectivity index (χ2v) is 8.02. The zero-order chi connectivity index (χ0) is 19.2. The average Bonchev–Trinajstić information content (AvgIpc) is 3.09. The fourth-order valence-electron chi connectivity index (χ4n) is 2.34. The monoisotopic (exact) mass is 397 g/mol. The topological polar surface area (TPSA) is 71.1 Å². The van der Waals surface area contributed by atoms with E-state index in [2.05, 4.69) is 15.6 Å². The lowest BCUT2D eigenvalue weighted by atomic mass is 10.1. The zero-order valence-corrected chi connectivity index (χ0v) is 16.6. The molecule has 0 aliphatic carbocycles. The molecule has 2 amide bonds. The molecule has 27 heavy (non-hydrogen) atoms. The summed E-state index contributed by atoms with van der Waals surface area (Å²) in [4.78, 5) is 28.9. The maximum Gasteiger partial charge on any atom is 0.255 e. The van der Waals surface area contributed by atoms with Gasteiger partial charge in [0.15, 0.2) is 4.34 Å². The van der Waals surface area contributed by atoms with E-state index in [1.807, 2.05) is 49.6 Å². The summed E-state index contributed by atoms with van der Waals surface area (Å²) in [6.45, 7) is 3.84. The fraction of sp³-hybridized carbons (Fsp3) is 0.150. The van der Waals surface area contributed by atoms with Crippen molar-refractivity contribution in [3.63, 3.8) is 0 Å². The number of hydrogen-bond acceptors (Lipinski definition) is 5. The van der Waals surface area contributed by atoms with Gasteiger partial charge in [-0.15, -0.1) is 11.3 Å². The minimum atomic E-state index is -0.183. The van der Waals surface area contributed by atoms with Crippen molar-refractivity contribution in [2.24, 2.45) is 0 Å². The highest BCUT2D eigenvalue weighted by atomic mass is 32.2. The molecule has 2 aromatic carbocycles. The number of thioether (sulfide) groups is 1. The van der Waals surface area contributed by atoms with Crippen LogP contribution in [-0.4, -0.2) is 22.6 Å². The molecule has 1 heterocycles. The number of anilines is 2. The quantitative estimate of drug-likeness (QED) is 0.589. The van der Waals surface area contributed by atoms with Gasteiger partial charge in [-0.3, -0.25) is 9.59 Å². The molecule has 3 aromatic rings. The fourth-order valence-corrected chi connectivity index (χ4v) is 3.99. The summed E-state index contributed by atoms with van der Waals surface area (Å²) in [6.07, 6.45) is 0. The normalized spacial score (nSPS) is 10.4. The number of aromatic nitrogens is 1. The van der Waals surface area contributed by atoms with Crippen LogP contribution in [0.25, 0.3) is 0 Å². The molecule has 0 atom stereocenters. The van der Waals surface area contributed by atoms with Crippen LogP contribution in [0.15, 0.2) is 58.3 Å². The van der Waals surface area contributed by atoms with Crippen molar-refractivity contribution in [2.45, 2.75) is 18.2 Å². The largest absolute Gasteiger partial charge is 0.325 e. The minimum absolute atomic E-state index is 0.114. The van der Waals surface area contributed by atoms with E-state index < -0.39 is 0 Å². The molecule has 138 valence electrons. The molecule has 0 saturated carbocycles. The predicted octanol–water partition coefficient (Wildman–Crippen LogP) is 4.74. The van der Waals surface area contributed by atoms with E-state index in [0.29, 0.717) is 16.9 Å². The smallest absolute Gasteiger partial charge is 0.255 e. The Kier molecular flexibility index (Phi) is 6.26. The first-order valence-electron chi connectivity index (χ1n) is 8.33. The van der Waals surface area contributed by atoms with Crippen LogP contribution in [0.4, 0.5) is 11.4 Å². The summed E-state index contributed by atoms with van der Waals surface area (Å²) in [6, 6.07) is 14.5. The van der Waals surface area contributed by atoms with Gasteiger partial charge in [0.05, 0.1) is 5.75 Å². The molecule has 1 aromatic heterocycles. The van der Waals surface area contributed by atoms with Crippen LogP contribution in [0.5, 0.6) is 0 Å². The van der Waals surface area contributed by atoms with Gasteiger partial charge in [0.1, 0.15) is 0 Å². The van der Waals surface area contributed by atoms with E-state index in [1.165, 1.54) is 23.1 Å². The van der Waals surface area contributed by atoms with Crippen LogP contribution < -0.4 is 10.6 Å². The van der Waals surface area contributed by atoms with Crippen LogP contribution >= 0.6 is 23.1 Å². The molecule has 2 N–H and O–H groups in total. The molecule has 0 spiro atoms. The number of thiazole rings is 1. The van der Waals surface area contributed by atoms with Gasteiger partial charge in [-0.25, -0.2) is 4.98 Å². The summed E-state index contributed by atoms with van der Waals surface area (Å²) in [5.74, 6) is -0.0130. The van der Waals surface area contributed by atoms with Crippen molar-refractivity contribution in [3.05, 3.63) is 70.7 Å². The maximum absolute atomic E-state index is 12.4. The Balaban J connectivity index is 1.62. The minimum Gasteiger partial charge on any atom is -0.325 e. The van der Waals surface area contributed by atoms with Crippen LogP contribution in [0.2, 0.25) is 0 Å². The third kappa shape index (κ3) is 5.42. The van der Waals surface area contributed by atoms with Crippen molar-refractivity contribution in [3.8, 4) is 0 Å². The highest BCUT2D eigenvalue weighted by Crippen LogP contribution is 2.24. The zero-order valence-electron chi connectivity index (χ0n) is 15.0. The summed E-state index contributed by atoms with van der Waals surface area (Å²) >= 11 is 2.94. The first kappa shape index (κ1) is 19.1. The van der Waals surface area contributed by atoms with Crippen molar-refractivity contribution in [1.82, 2.24) is 4.98 Å². The number of nitrogens with one attached hydrogen (secondary N) is 2. The molecule has 7 heteroatoms. The summed E-state index contributed by atoms with van der Waals surface area (Å²) in [7, 11) is 0. The Labute approximate surface area is 166 Å². The van der Waals surface area contributed by atoms with Gasteiger partial charge in [-0.05, 0) is 43.7 Å². The van der Waals surface area contributed by atoms with Crippen molar-refractivity contribution in [1.29, 1.82) is 0 Å². The molecule has 0 aliphatic heterocycles. The molecule has 0 bridgehead atoms. The first-order valence-corrected chi connectivity index (χ1v) is 10.2. The van der Waals surface area contributed by atoms with Crippen LogP contribution in [0.3, 0.4) is 0 Å². The number of carbonyl (C=O) groups excluding carboxylic acids is 2. The highest BCUT2D eigenvalue weighted by Gasteiger charge is 2.10. The Morgan fingerprint density at radius 2 is 1.85 bits per heavy atom. The van der Waals surface area contributed by atoms with Crippen molar-refractivity contribution >= 4 is 46.3 Å². The van der Waals surface area contributed by atoms with Gasteiger partial charge in [0.2, 0.25) is 5.91 Å². The third-order valence-corrected chi connectivity index (χ3v) is 5.87. The Hall–Kier alpha value is -2.64. The molecule has 0 aliphatic rings. The van der Waals surface area contributed by atoms with Gasteiger partial charge in [0.25, 0.3) is 5.91 Å². The molecule has 0 saturated heterocycles. The maximum atomic E-state index is 12.4. The first-order chi connectivity index (χ1) is 13.0. The molecule has 0 radical (unpaired) electrons. The molecule has 5 nitrogen and oxygen atoms in total. The Bertz CT molecular complexity index is 955. The van der Waals surface area contributed by atoms with Gasteiger partial charge in [0, 0.05) is 28.0 Å². The van der Waals surface area contributed by atoms with E-state index in [9.17, 15) is 9.59 Å². The summed E-state index contributed by atoms with van der Waals surface area (Å²) < 4.78 is 0.877. The lowest BCUT2D eigenvalue weighted by molar-refractivity contribution is -0.113. The number of carbonyl (C=O) groups is 2. The van der Waals surface area contributed by atoms with Crippen LogP contribution in [-0.2, 0) is 4.79 Å². The Morgan fingerprint density at radius 3 is 2.56 bits per heavy atom. The van der Waals surface area contributed by atoms with Crippen LogP contribution in [0.1, 0.15) is 21.6 Å². The van der Waals surface area contributed by atoms with Gasteiger partial charge >= 0.3 is 0 Å². The van der Waals surface area contributed by atoms with Gasteiger partial charge < -0.3 is 10.6 Å². The number of rotatable bonds is 6. The second-order valence-electron chi connectivity index (χ2n) is 5.94.